The maximum absolute atomic E-state index is 12.6. The summed E-state index contributed by atoms with van der Waals surface area (Å²) in [5.74, 6) is 0.991. The third-order valence-electron chi connectivity index (χ3n) is 6.16. The van der Waals surface area contributed by atoms with E-state index in [1.54, 1.807) is 0 Å². The third kappa shape index (κ3) is 3.42. The van der Waals surface area contributed by atoms with Gasteiger partial charge >= 0.3 is 0 Å². The number of carbonyl (C=O) groups is 1. The summed E-state index contributed by atoms with van der Waals surface area (Å²) in [5.41, 5.74) is 0. The van der Waals surface area contributed by atoms with Gasteiger partial charge in [0.25, 0.3) is 0 Å². The van der Waals surface area contributed by atoms with E-state index in [0.29, 0.717) is 36.0 Å². The van der Waals surface area contributed by atoms with Gasteiger partial charge in [-0.25, -0.2) is 0 Å². The molecule has 4 heteroatoms. The number of nitrogens with one attached hydrogen (secondary N) is 1. The molecule has 4 unspecified atom stereocenters. The Morgan fingerprint density at radius 2 is 1.86 bits per heavy atom. The maximum Gasteiger partial charge on any atom is 0.222 e. The molecule has 0 aliphatic carbocycles. The number of hydrogen-bond acceptors (Lipinski definition) is 3. The van der Waals surface area contributed by atoms with E-state index in [4.69, 9.17) is 0 Å². The highest BCUT2D eigenvalue weighted by Gasteiger charge is 2.35. The van der Waals surface area contributed by atoms with E-state index in [0.717, 1.165) is 25.8 Å². The van der Waals surface area contributed by atoms with Crippen LogP contribution in [0.3, 0.4) is 0 Å². The van der Waals surface area contributed by atoms with Crippen molar-refractivity contribution in [1.82, 2.24) is 15.1 Å². The highest BCUT2D eigenvalue weighted by atomic mass is 16.2. The molecule has 2 bridgehead atoms. The number of hydrogen-bond donors (Lipinski definition) is 1. The van der Waals surface area contributed by atoms with Gasteiger partial charge in [-0.05, 0) is 58.4 Å². The van der Waals surface area contributed by atoms with Crippen LogP contribution in [0.2, 0.25) is 0 Å². The molecule has 3 rings (SSSR count). The van der Waals surface area contributed by atoms with Gasteiger partial charge in [0.05, 0.1) is 0 Å². The van der Waals surface area contributed by atoms with Gasteiger partial charge in [-0.3, -0.25) is 4.79 Å². The average Bonchev–Trinajstić information content (AvgIpc) is 2.80. The van der Waals surface area contributed by atoms with E-state index in [2.05, 4.69) is 29.1 Å². The lowest BCUT2D eigenvalue weighted by atomic mass is 9.88. The highest BCUT2D eigenvalue weighted by molar-refractivity contribution is 5.76. The van der Waals surface area contributed by atoms with Gasteiger partial charge in [-0.15, -0.1) is 0 Å². The molecule has 4 atom stereocenters. The van der Waals surface area contributed by atoms with Gasteiger partial charge in [0.1, 0.15) is 0 Å². The van der Waals surface area contributed by atoms with Gasteiger partial charge in [-0.1, -0.05) is 0 Å². The number of fused-ring (bicyclic) bond motifs is 2. The van der Waals surface area contributed by atoms with Crippen LogP contribution in [0, 0.1) is 5.92 Å². The van der Waals surface area contributed by atoms with E-state index in [9.17, 15) is 4.79 Å². The number of nitrogens with zero attached hydrogens (tertiary/aromatic N) is 2. The topological polar surface area (TPSA) is 35.6 Å². The molecule has 3 aliphatic rings. The summed E-state index contributed by atoms with van der Waals surface area (Å²) in [7, 11) is 4.22. The largest absolute Gasteiger partial charge is 0.343 e. The van der Waals surface area contributed by atoms with Gasteiger partial charge in [-0.2, -0.15) is 0 Å². The molecule has 0 aromatic rings. The number of piperidine rings is 2. The summed E-state index contributed by atoms with van der Waals surface area (Å²) in [4.78, 5) is 17.1. The Bertz CT molecular complexity index is 374. The van der Waals surface area contributed by atoms with Crippen LogP contribution in [-0.2, 0) is 4.79 Å². The van der Waals surface area contributed by atoms with Crippen molar-refractivity contribution < 1.29 is 4.79 Å². The van der Waals surface area contributed by atoms with Crippen LogP contribution >= 0.6 is 0 Å². The normalized spacial score (nSPS) is 40.2. The number of carbonyl (C=O) groups excluding carboxylic acids is 1. The van der Waals surface area contributed by atoms with Crippen LogP contribution in [0.15, 0.2) is 0 Å². The fraction of sp³-hybridized carbons (Fsp3) is 0.941. The highest BCUT2D eigenvalue weighted by Crippen LogP contribution is 2.33. The first kappa shape index (κ1) is 15.3. The summed E-state index contributed by atoms with van der Waals surface area (Å²) in [6, 6.07) is 2.42. The van der Waals surface area contributed by atoms with Gasteiger partial charge < -0.3 is 15.1 Å². The zero-order valence-electron chi connectivity index (χ0n) is 13.8. The molecule has 4 nitrogen and oxygen atoms in total. The zero-order chi connectivity index (χ0) is 15.0. The monoisotopic (exact) mass is 293 g/mol. The molecule has 0 aromatic carbocycles. The Kier molecular flexibility index (Phi) is 4.55. The van der Waals surface area contributed by atoms with Crippen molar-refractivity contribution in [3.8, 4) is 0 Å². The molecular formula is C17H31N3O. The van der Waals surface area contributed by atoms with E-state index >= 15 is 0 Å². The molecule has 1 N–H and O–H groups in total. The summed E-state index contributed by atoms with van der Waals surface area (Å²) >= 11 is 0. The number of likely N-dealkylation sites (tertiary alicyclic amines) is 1. The van der Waals surface area contributed by atoms with Crippen molar-refractivity contribution in [2.24, 2.45) is 5.92 Å². The summed E-state index contributed by atoms with van der Waals surface area (Å²) < 4.78 is 0. The smallest absolute Gasteiger partial charge is 0.222 e. The van der Waals surface area contributed by atoms with Crippen molar-refractivity contribution in [1.29, 1.82) is 0 Å². The Morgan fingerprint density at radius 3 is 2.48 bits per heavy atom. The third-order valence-corrected chi connectivity index (χ3v) is 6.16. The quantitative estimate of drug-likeness (QED) is 0.862. The standard InChI is InChI=1S/C17H31N3O/c1-12-8-16(6-7-19(12)2)20(3)17(21)11-13-9-14-4-5-15(10-13)18-14/h12-16,18H,4-11H2,1-3H3. The number of rotatable bonds is 3. The first-order valence-electron chi connectivity index (χ1n) is 8.75. The van der Waals surface area contributed by atoms with Crippen LogP contribution in [-0.4, -0.2) is 60.5 Å². The molecule has 3 aliphatic heterocycles. The van der Waals surface area contributed by atoms with E-state index < -0.39 is 0 Å². The van der Waals surface area contributed by atoms with Crippen LogP contribution < -0.4 is 5.32 Å². The minimum Gasteiger partial charge on any atom is -0.343 e. The van der Waals surface area contributed by atoms with Crippen LogP contribution in [0.1, 0.15) is 51.9 Å². The Morgan fingerprint density at radius 1 is 1.19 bits per heavy atom. The second-order valence-corrected chi connectivity index (χ2v) is 7.69. The van der Waals surface area contributed by atoms with Gasteiger partial charge in [0.15, 0.2) is 0 Å². The molecule has 0 spiro atoms. The van der Waals surface area contributed by atoms with E-state index in [1.807, 2.05) is 7.05 Å². The van der Waals surface area contributed by atoms with Crippen molar-refractivity contribution in [3.63, 3.8) is 0 Å². The van der Waals surface area contributed by atoms with E-state index in [-0.39, 0.29) is 0 Å². The first-order chi connectivity index (χ1) is 10.0. The second-order valence-electron chi connectivity index (χ2n) is 7.69. The lowest BCUT2D eigenvalue weighted by molar-refractivity contribution is -0.134. The molecule has 0 aromatic heterocycles. The fourth-order valence-electron chi connectivity index (χ4n) is 4.55. The second kappa shape index (κ2) is 6.25. The lowest BCUT2D eigenvalue weighted by Crippen LogP contribution is -2.48. The Balaban J connectivity index is 1.50. The van der Waals surface area contributed by atoms with E-state index in [1.165, 1.54) is 25.7 Å². The van der Waals surface area contributed by atoms with Crippen LogP contribution in [0.25, 0.3) is 0 Å². The molecule has 1 amide bonds. The molecule has 0 radical (unpaired) electrons. The van der Waals surface area contributed by atoms with Crippen LogP contribution in [0.5, 0.6) is 0 Å². The van der Waals surface area contributed by atoms with Crippen molar-refractivity contribution >= 4 is 5.91 Å². The first-order valence-corrected chi connectivity index (χ1v) is 8.75. The molecule has 3 heterocycles. The van der Waals surface area contributed by atoms with Crippen molar-refractivity contribution in [3.05, 3.63) is 0 Å². The van der Waals surface area contributed by atoms with Gasteiger partial charge in [0, 0.05) is 44.2 Å². The molecule has 21 heavy (non-hydrogen) atoms. The maximum atomic E-state index is 12.6. The molecular weight excluding hydrogens is 262 g/mol. The predicted molar refractivity (Wildman–Crippen MR) is 85.2 cm³/mol. The van der Waals surface area contributed by atoms with Gasteiger partial charge in [0.2, 0.25) is 5.91 Å². The average molecular weight is 293 g/mol. The summed E-state index contributed by atoms with van der Waals surface area (Å²) in [5, 5.41) is 3.67. The molecule has 0 saturated carbocycles. The number of amides is 1. The molecule has 120 valence electrons. The fourth-order valence-corrected chi connectivity index (χ4v) is 4.55. The SMILES string of the molecule is CC1CC(N(C)C(=O)CC2CC3CCC(C2)N3)CCN1C. The Labute approximate surface area is 129 Å². The zero-order valence-corrected chi connectivity index (χ0v) is 13.8. The van der Waals surface area contributed by atoms with Crippen molar-refractivity contribution in [2.75, 3.05) is 20.6 Å². The lowest BCUT2D eigenvalue weighted by Gasteiger charge is -2.40. The minimum atomic E-state index is 0.378. The van der Waals surface area contributed by atoms with Crippen molar-refractivity contribution in [2.45, 2.75) is 76.0 Å². The summed E-state index contributed by atoms with van der Waals surface area (Å²) in [6.07, 6.45) is 8.07. The predicted octanol–water partition coefficient (Wildman–Crippen LogP) is 1.85. The molecule has 3 saturated heterocycles. The Hall–Kier alpha value is -0.610. The molecule has 3 fully saturated rings. The van der Waals surface area contributed by atoms with Crippen LogP contribution in [0.4, 0.5) is 0 Å². The summed E-state index contributed by atoms with van der Waals surface area (Å²) in [6.45, 7) is 3.38. The minimum absolute atomic E-state index is 0.378.